The molecule has 3 aromatic heterocycles. The molecule has 1 atom stereocenters. The van der Waals surface area contributed by atoms with Crippen LogP contribution in [0.2, 0.25) is 0 Å². The lowest BCUT2D eigenvalue weighted by Gasteiger charge is -2.22. The summed E-state index contributed by atoms with van der Waals surface area (Å²) in [5.74, 6) is 2.17. The van der Waals surface area contributed by atoms with E-state index in [9.17, 15) is 4.79 Å². The highest BCUT2D eigenvalue weighted by molar-refractivity contribution is 6.06. The summed E-state index contributed by atoms with van der Waals surface area (Å²) in [5, 5.41) is 3.07. The van der Waals surface area contributed by atoms with Crippen LogP contribution < -0.4 is 5.32 Å². The topological polar surface area (TPSA) is 98.5 Å². The van der Waals surface area contributed by atoms with E-state index in [1.54, 1.807) is 18.7 Å². The number of carbonyl (C=O) groups is 1. The second-order valence-corrected chi connectivity index (χ2v) is 9.10. The van der Waals surface area contributed by atoms with E-state index in [4.69, 9.17) is 4.98 Å². The molecule has 1 aromatic carbocycles. The molecule has 1 fully saturated rings. The minimum atomic E-state index is -0.507. The van der Waals surface area contributed by atoms with Crippen molar-refractivity contribution in [3.8, 4) is 22.6 Å². The van der Waals surface area contributed by atoms with Crippen LogP contribution in [0, 0.1) is 12.8 Å². The monoisotopic (exact) mass is 425 g/mol. The number of imidazole rings is 1. The van der Waals surface area contributed by atoms with E-state index >= 15 is 0 Å². The van der Waals surface area contributed by atoms with E-state index in [1.807, 2.05) is 30.7 Å². The van der Waals surface area contributed by atoms with Crippen molar-refractivity contribution < 1.29 is 4.79 Å². The lowest BCUT2D eigenvalue weighted by Crippen LogP contribution is -2.31. The van der Waals surface area contributed by atoms with Crippen molar-refractivity contribution in [1.82, 2.24) is 29.5 Å². The molecule has 2 aliphatic rings. The lowest BCUT2D eigenvalue weighted by atomic mass is 9.78. The molecule has 6 rings (SSSR count). The van der Waals surface area contributed by atoms with E-state index in [-0.39, 0.29) is 5.91 Å². The summed E-state index contributed by atoms with van der Waals surface area (Å²) in [4.78, 5) is 35.4. The first-order chi connectivity index (χ1) is 15.4. The summed E-state index contributed by atoms with van der Waals surface area (Å²) in [6.45, 7) is 3.91. The van der Waals surface area contributed by atoms with Gasteiger partial charge in [-0.2, -0.15) is 0 Å². The van der Waals surface area contributed by atoms with Gasteiger partial charge in [0.25, 0.3) is 0 Å². The van der Waals surface area contributed by atoms with Gasteiger partial charge in [-0.1, -0.05) is 18.9 Å². The number of nitrogens with zero attached hydrogens (tertiary/aromatic N) is 6. The molecular weight excluding hydrogens is 402 g/mol. The first kappa shape index (κ1) is 19.0. The van der Waals surface area contributed by atoms with Gasteiger partial charge in [0, 0.05) is 30.7 Å². The molecule has 0 spiro atoms. The molecule has 1 amide bonds. The Hall–Kier alpha value is -3.68. The summed E-state index contributed by atoms with van der Waals surface area (Å²) < 4.78 is 1.93. The summed E-state index contributed by atoms with van der Waals surface area (Å²) in [6, 6.07) is 6.07. The smallest absolute Gasteiger partial charge is 0.234 e. The molecule has 0 bridgehead atoms. The Morgan fingerprint density at radius 1 is 1.12 bits per heavy atom. The molecule has 1 aliphatic carbocycles. The van der Waals surface area contributed by atoms with Gasteiger partial charge in [0.15, 0.2) is 5.65 Å². The molecule has 0 unspecified atom stereocenters. The van der Waals surface area contributed by atoms with Crippen LogP contribution in [0.25, 0.3) is 33.8 Å². The standard InChI is InChI=1S/C24H23N7O/c1-13-25-10-16(11-26-13)21-30-20-19(27-12-28-22(20)31(21)3)15-6-7-18-17(8-15)24(2,23(32)29-18)9-14-4-5-14/h6-8,10-12,14H,4-5,9H2,1-3H3,(H,29,32)/t24-/m0/s1. The Bertz CT molecular complexity index is 1390. The third-order valence-corrected chi connectivity index (χ3v) is 6.73. The average Bonchev–Trinajstić information content (AvgIpc) is 3.49. The molecule has 32 heavy (non-hydrogen) atoms. The summed E-state index contributed by atoms with van der Waals surface area (Å²) in [7, 11) is 1.93. The Morgan fingerprint density at radius 2 is 1.91 bits per heavy atom. The number of anilines is 1. The number of hydrogen-bond acceptors (Lipinski definition) is 6. The number of nitrogens with one attached hydrogen (secondary N) is 1. The SMILES string of the molecule is Cc1ncc(-c2nc3c(-c4ccc5c(c4)[C@](C)(CC4CC4)C(=O)N5)ncnc3n2C)cn1. The van der Waals surface area contributed by atoms with Crippen molar-refractivity contribution >= 4 is 22.8 Å². The van der Waals surface area contributed by atoms with Crippen molar-refractivity contribution in [2.75, 3.05) is 5.32 Å². The van der Waals surface area contributed by atoms with E-state index in [0.29, 0.717) is 17.3 Å². The largest absolute Gasteiger partial charge is 0.325 e. The van der Waals surface area contributed by atoms with Crippen LogP contribution in [0.1, 0.15) is 37.6 Å². The Morgan fingerprint density at radius 3 is 2.66 bits per heavy atom. The fraction of sp³-hybridized carbons (Fsp3) is 0.333. The van der Waals surface area contributed by atoms with Gasteiger partial charge in [-0.3, -0.25) is 4.79 Å². The van der Waals surface area contributed by atoms with E-state index < -0.39 is 5.41 Å². The zero-order valence-corrected chi connectivity index (χ0v) is 18.3. The number of amides is 1. The summed E-state index contributed by atoms with van der Waals surface area (Å²) in [6.07, 6.45) is 8.41. The fourth-order valence-corrected chi connectivity index (χ4v) is 4.72. The maximum absolute atomic E-state index is 12.8. The molecule has 4 aromatic rings. The quantitative estimate of drug-likeness (QED) is 0.534. The van der Waals surface area contributed by atoms with Gasteiger partial charge in [0.1, 0.15) is 29.2 Å². The van der Waals surface area contributed by atoms with E-state index in [2.05, 4.69) is 38.2 Å². The highest BCUT2D eigenvalue weighted by atomic mass is 16.2. The summed E-state index contributed by atoms with van der Waals surface area (Å²) >= 11 is 0. The third kappa shape index (κ3) is 2.82. The minimum Gasteiger partial charge on any atom is -0.325 e. The molecule has 0 saturated heterocycles. The van der Waals surface area contributed by atoms with E-state index in [0.717, 1.165) is 46.0 Å². The van der Waals surface area contributed by atoms with E-state index in [1.165, 1.54) is 12.8 Å². The molecule has 1 saturated carbocycles. The highest BCUT2D eigenvalue weighted by Crippen LogP contribution is 2.48. The van der Waals surface area contributed by atoms with Crippen molar-refractivity contribution in [3.05, 3.63) is 48.3 Å². The van der Waals surface area contributed by atoms with Gasteiger partial charge in [-0.25, -0.2) is 24.9 Å². The van der Waals surface area contributed by atoms with Gasteiger partial charge in [-0.15, -0.1) is 0 Å². The van der Waals surface area contributed by atoms with Crippen LogP contribution in [0.5, 0.6) is 0 Å². The van der Waals surface area contributed by atoms with Crippen molar-refractivity contribution in [1.29, 1.82) is 0 Å². The second kappa shape index (κ2) is 6.66. The molecule has 8 nitrogen and oxygen atoms in total. The van der Waals surface area contributed by atoms with Crippen LogP contribution in [0.3, 0.4) is 0 Å². The van der Waals surface area contributed by atoms with Crippen LogP contribution in [0.4, 0.5) is 5.69 Å². The third-order valence-electron chi connectivity index (χ3n) is 6.73. The Labute approximate surface area is 185 Å². The molecular formula is C24H23N7O. The van der Waals surface area contributed by atoms with Crippen LogP contribution in [-0.4, -0.2) is 35.4 Å². The van der Waals surface area contributed by atoms with Crippen LogP contribution in [0.15, 0.2) is 36.9 Å². The normalized spacial score (nSPS) is 19.9. The lowest BCUT2D eigenvalue weighted by molar-refractivity contribution is -0.120. The first-order valence-corrected chi connectivity index (χ1v) is 10.9. The molecule has 1 aliphatic heterocycles. The predicted octanol–water partition coefficient (Wildman–Crippen LogP) is 3.81. The Kier molecular flexibility index (Phi) is 3.96. The highest BCUT2D eigenvalue weighted by Gasteiger charge is 2.46. The number of fused-ring (bicyclic) bond motifs is 2. The summed E-state index contributed by atoms with van der Waals surface area (Å²) in [5.41, 5.74) is 5.39. The first-order valence-electron chi connectivity index (χ1n) is 10.9. The number of carbonyl (C=O) groups excluding carboxylic acids is 1. The van der Waals surface area contributed by atoms with Crippen molar-refractivity contribution in [2.45, 2.75) is 38.5 Å². The molecule has 160 valence electrons. The molecule has 8 heteroatoms. The van der Waals surface area contributed by atoms with Gasteiger partial charge in [0.2, 0.25) is 5.91 Å². The maximum Gasteiger partial charge on any atom is 0.234 e. The van der Waals surface area contributed by atoms with Crippen molar-refractivity contribution in [3.63, 3.8) is 0 Å². The number of rotatable bonds is 4. The second-order valence-electron chi connectivity index (χ2n) is 9.10. The van der Waals surface area contributed by atoms with Crippen LogP contribution in [-0.2, 0) is 17.3 Å². The zero-order chi connectivity index (χ0) is 22.0. The van der Waals surface area contributed by atoms with Gasteiger partial charge in [0.05, 0.1) is 11.0 Å². The average molecular weight is 425 g/mol. The minimum absolute atomic E-state index is 0.0869. The number of aromatic nitrogens is 6. The zero-order valence-electron chi connectivity index (χ0n) is 18.3. The molecule has 1 N–H and O–H groups in total. The molecule has 0 radical (unpaired) electrons. The van der Waals surface area contributed by atoms with Gasteiger partial charge in [-0.05, 0) is 43.9 Å². The number of aryl methyl sites for hydroxylation is 2. The number of benzene rings is 1. The van der Waals surface area contributed by atoms with Crippen LogP contribution >= 0.6 is 0 Å². The fourth-order valence-electron chi connectivity index (χ4n) is 4.72. The van der Waals surface area contributed by atoms with Crippen molar-refractivity contribution in [2.24, 2.45) is 13.0 Å². The Balaban J connectivity index is 1.49. The molecule has 4 heterocycles. The maximum atomic E-state index is 12.8. The van der Waals surface area contributed by atoms with Gasteiger partial charge >= 0.3 is 0 Å². The number of hydrogen-bond donors (Lipinski definition) is 1. The van der Waals surface area contributed by atoms with Gasteiger partial charge < -0.3 is 9.88 Å². The predicted molar refractivity (Wildman–Crippen MR) is 121 cm³/mol.